The van der Waals surface area contributed by atoms with Gasteiger partial charge in [-0.25, -0.2) is 17.9 Å². The Balaban J connectivity index is 1.91. The van der Waals surface area contributed by atoms with Crippen LogP contribution in [-0.4, -0.2) is 26.0 Å². The van der Waals surface area contributed by atoms with Gasteiger partial charge in [-0.2, -0.15) is 0 Å². The highest BCUT2D eigenvalue weighted by Crippen LogP contribution is 2.30. The number of thiophene rings is 1. The molecule has 1 aromatic rings. The third-order valence-corrected chi connectivity index (χ3v) is 7.15. The summed E-state index contributed by atoms with van der Waals surface area (Å²) in [5, 5.41) is 8.84. The second kappa shape index (κ2) is 6.89. The highest BCUT2D eigenvalue weighted by molar-refractivity contribution is 7.91. The lowest BCUT2D eigenvalue weighted by atomic mass is 9.81. The molecule has 7 heteroatoms. The Morgan fingerprint density at radius 2 is 1.90 bits per heavy atom. The van der Waals surface area contributed by atoms with Gasteiger partial charge in [-0.15, -0.1) is 11.3 Å². The van der Waals surface area contributed by atoms with E-state index in [2.05, 4.69) is 11.6 Å². The van der Waals surface area contributed by atoms with Gasteiger partial charge in [-0.3, -0.25) is 0 Å². The lowest BCUT2D eigenvalue weighted by Crippen LogP contribution is -2.31. The number of rotatable bonds is 6. The van der Waals surface area contributed by atoms with E-state index in [1.54, 1.807) is 0 Å². The zero-order valence-electron chi connectivity index (χ0n) is 12.0. The Morgan fingerprint density at radius 3 is 2.43 bits per heavy atom. The zero-order valence-corrected chi connectivity index (χ0v) is 13.7. The van der Waals surface area contributed by atoms with Gasteiger partial charge in [-0.05, 0) is 36.8 Å². The highest BCUT2D eigenvalue weighted by Gasteiger charge is 2.23. The second-order valence-corrected chi connectivity index (χ2v) is 8.65. The lowest BCUT2D eigenvalue weighted by Gasteiger charge is -2.27. The van der Waals surface area contributed by atoms with Gasteiger partial charge < -0.3 is 5.11 Å². The molecule has 0 bridgehead atoms. The van der Waals surface area contributed by atoms with Crippen molar-refractivity contribution in [3.8, 4) is 0 Å². The minimum Gasteiger partial charge on any atom is -0.477 e. The molecule has 1 aliphatic carbocycles. The van der Waals surface area contributed by atoms with Gasteiger partial charge >= 0.3 is 5.97 Å². The van der Waals surface area contributed by atoms with Crippen LogP contribution in [0.15, 0.2) is 16.3 Å². The minimum atomic E-state index is -3.59. The number of nitrogens with one attached hydrogen (secondary N) is 1. The Labute approximate surface area is 129 Å². The molecular weight excluding hydrogens is 310 g/mol. The van der Waals surface area contributed by atoms with Crippen molar-refractivity contribution in [3.63, 3.8) is 0 Å². The van der Waals surface area contributed by atoms with Crippen molar-refractivity contribution in [2.75, 3.05) is 6.54 Å². The first kappa shape index (κ1) is 16.5. The molecular formula is C14H21NO4S2. The molecule has 2 N–H and O–H groups in total. The number of carboxylic acids is 1. The Morgan fingerprint density at radius 1 is 1.29 bits per heavy atom. The molecule has 1 fully saturated rings. The van der Waals surface area contributed by atoms with Gasteiger partial charge in [0, 0.05) is 6.54 Å². The molecule has 0 amide bonds. The van der Waals surface area contributed by atoms with Crippen molar-refractivity contribution in [1.29, 1.82) is 0 Å². The van der Waals surface area contributed by atoms with Crippen molar-refractivity contribution in [3.05, 3.63) is 17.0 Å². The van der Waals surface area contributed by atoms with Gasteiger partial charge in [-0.1, -0.05) is 26.2 Å². The molecule has 0 unspecified atom stereocenters. The normalized spacial score (nSPS) is 23.1. The summed E-state index contributed by atoms with van der Waals surface area (Å²) in [4.78, 5) is 10.8. The van der Waals surface area contributed by atoms with Crippen LogP contribution in [0, 0.1) is 11.8 Å². The summed E-state index contributed by atoms with van der Waals surface area (Å²) in [6.45, 7) is 2.64. The van der Waals surface area contributed by atoms with Crippen molar-refractivity contribution in [1.82, 2.24) is 4.72 Å². The molecule has 0 aliphatic heterocycles. The summed E-state index contributed by atoms with van der Waals surface area (Å²) >= 11 is 0.789. The van der Waals surface area contributed by atoms with Crippen molar-refractivity contribution in [2.45, 2.75) is 43.2 Å². The van der Waals surface area contributed by atoms with Crippen LogP contribution in [0.3, 0.4) is 0 Å². The van der Waals surface area contributed by atoms with Gasteiger partial charge in [0.15, 0.2) is 0 Å². The van der Waals surface area contributed by atoms with Crippen LogP contribution >= 0.6 is 11.3 Å². The van der Waals surface area contributed by atoms with Crippen LogP contribution in [0.5, 0.6) is 0 Å². The van der Waals surface area contributed by atoms with Crippen molar-refractivity contribution < 1.29 is 18.3 Å². The molecule has 1 saturated carbocycles. The standard InChI is InChI=1S/C14H21NO4S2/c1-2-10-3-5-11(6-4-10)9-15-21(18,19)13-8-7-12(20-13)14(16)17/h7-8,10-11,15H,2-6,9H2,1H3,(H,16,17). The van der Waals surface area contributed by atoms with Gasteiger partial charge in [0.2, 0.25) is 10.0 Å². The minimum absolute atomic E-state index is 0.0406. The van der Waals surface area contributed by atoms with E-state index in [9.17, 15) is 13.2 Å². The van der Waals surface area contributed by atoms with Gasteiger partial charge in [0.1, 0.15) is 9.09 Å². The maximum atomic E-state index is 12.1. The SMILES string of the molecule is CCC1CCC(CNS(=O)(=O)c2ccc(C(=O)O)s2)CC1. The second-order valence-electron chi connectivity index (χ2n) is 5.57. The number of aromatic carboxylic acids is 1. The van der Waals surface area contributed by atoms with E-state index in [-0.39, 0.29) is 9.09 Å². The molecule has 0 atom stereocenters. The van der Waals surface area contributed by atoms with Crippen LogP contribution in [0.4, 0.5) is 0 Å². The molecule has 0 radical (unpaired) electrons. The molecule has 21 heavy (non-hydrogen) atoms. The lowest BCUT2D eigenvalue weighted by molar-refractivity contribution is 0.0702. The summed E-state index contributed by atoms with van der Waals surface area (Å²) in [5.74, 6) is 0.0779. The Bertz CT molecular complexity index is 586. The molecule has 1 aromatic heterocycles. The molecule has 1 heterocycles. The Kier molecular flexibility index (Phi) is 5.40. The van der Waals surface area contributed by atoms with Gasteiger partial charge in [0.25, 0.3) is 0 Å². The van der Waals surface area contributed by atoms with Crippen LogP contribution in [0.2, 0.25) is 0 Å². The van der Waals surface area contributed by atoms with E-state index in [1.807, 2.05) is 0 Å². The van der Waals surface area contributed by atoms with E-state index in [1.165, 1.54) is 31.4 Å². The number of carboxylic acid groups (broad SMARTS) is 1. The molecule has 118 valence electrons. The topological polar surface area (TPSA) is 83.5 Å². The van der Waals surface area contributed by atoms with E-state index >= 15 is 0 Å². The van der Waals surface area contributed by atoms with Crippen molar-refractivity contribution in [2.24, 2.45) is 11.8 Å². The Hall–Kier alpha value is -0.920. The largest absolute Gasteiger partial charge is 0.477 e. The molecule has 0 spiro atoms. The van der Waals surface area contributed by atoms with E-state index in [0.29, 0.717) is 12.5 Å². The van der Waals surface area contributed by atoms with E-state index < -0.39 is 16.0 Å². The molecule has 2 rings (SSSR count). The third kappa shape index (κ3) is 4.28. The fourth-order valence-corrected chi connectivity index (χ4v) is 5.03. The zero-order chi connectivity index (χ0) is 15.5. The summed E-state index contributed by atoms with van der Waals surface area (Å²) in [5.41, 5.74) is 0. The summed E-state index contributed by atoms with van der Waals surface area (Å²) < 4.78 is 27.0. The first-order valence-corrected chi connectivity index (χ1v) is 9.55. The van der Waals surface area contributed by atoms with Crippen LogP contribution in [0.1, 0.15) is 48.7 Å². The first-order chi connectivity index (χ1) is 9.92. The fourth-order valence-electron chi connectivity index (χ4n) is 2.72. The van der Waals surface area contributed by atoms with E-state index in [0.717, 1.165) is 30.1 Å². The molecule has 0 saturated heterocycles. The average Bonchev–Trinajstić information content (AvgIpc) is 2.97. The highest BCUT2D eigenvalue weighted by atomic mass is 32.2. The maximum Gasteiger partial charge on any atom is 0.345 e. The third-order valence-electron chi connectivity index (χ3n) is 4.16. The molecule has 5 nitrogen and oxygen atoms in total. The fraction of sp³-hybridized carbons (Fsp3) is 0.643. The summed E-state index contributed by atoms with van der Waals surface area (Å²) in [7, 11) is -3.59. The van der Waals surface area contributed by atoms with Crippen LogP contribution in [-0.2, 0) is 10.0 Å². The van der Waals surface area contributed by atoms with Crippen LogP contribution < -0.4 is 4.72 Å². The number of sulfonamides is 1. The first-order valence-electron chi connectivity index (χ1n) is 7.25. The monoisotopic (exact) mass is 331 g/mol. The molecule has 1 aliphatic rings. The average molecular weight is 331 g/mol. The van der Waals surface area contributed by atoms with E-state index in [4.69, 9.17) is 5.11 Å². The predicted octanol–water partition coefficient (Wildman–Crippen LogP) is 2.94. The predicted molar refractivity (Wildman–Crippen MR) is 82.2 cm³/mol. The van der Waals surface area contributed by atoms with Crippen molar-refractivity contribution >= 4 is 27.3 Å². The number of carbonyl (C=O) groups is 1. The smallest absolute Gasteiger partial charge is 0.345 e. The molecule has 0 aromatic carbocycles. The maximum absolute atomic E-state index is 12.1. The number of hydrogen-bond donors (Lipinski definition) is 2. The van der Waals surface area contributed by atoms with Crippen LogP contribution in [0.25, 0.3) is 0 Å². The summed E-state index contributed by atoms with van der Waals surface area (Å²) in [6.07, 6.45) is 5.67. The summed E-state index contributed by atoms with van der Waals surface area (Å²) in [6, 6.07) is 2.68. The quantitative estimate of drug-likeness (QED) is 0.839. The number of hydrogen-bond acceptors (Lipinski definition) is 4. The van der Waals surface area contributed by atoms with Gasteiger partial charge in [0.05, 0.1) is 0 Å².